The van der Waals surface area contributed by atoms with Crippen molar-refractivity contribution in [2.75, 3.05) is 4.90 Å². The molecule has 36 heavy (non-hydrogen) atoms. The third kappa shape index (κ3) is 3.79. The predicted octanol–water partition coefficient (Wildman–Crippen LogP) is 10.1. The smallest absolute Gasteiger partial charge is 0.125 e. The summed E-state index contributed by atoms with van der Waals surface area (Å²) < 4.78 is 15.0. The maximum atomic E-state index is 15.0. The lowest BCUT2D eigenvalue weighted by molar-refractivity contribution is 0.572. The number of hydrogen-bond donors (Lipinski definition) is 0. The highest BCUT2D eigenvalue weighted by Gasteiger charge is 2.20. The zero-order valence-electron chi connectivity index (χ0n) is 20.8. The number of halogens is 1. The molecule has 0 saturated heterocycles. The van der Waals surface area contributed by atoms with Gasteiger partial charge in [-0.15, -0.1) is 0 Å². The lowest BCUT2D eigenvalue weighted by Crippen LogP contribution is -2.15. The van der Waals surface area contributed by atoms with Crippen molar-refractivity contribution in [2.45, 2.75) is 26.2 Å². The second-order valence-corrected chi connectivity index (χ2v) is 10.4. The van der Waals surface area contributed by atoms with Crippen LogP contribution >= 0.6 is 0 Å². The largest absolute Gasteiger partial charge is 0.310 e. The molecule has 0 amide bonds. The van der Waals surface area contributed by atoms with Crippen LogP contribution in [0.25, 0.3) is 32.3 Å². The monoisotopic (exact) mass is 469 g/mol. The van der Waals surface area contributed by atoms with Crippen molar-refractivity contribution in [1.29, 1.82) is 0 Å². The maximum absolute atomic E-state index is 15.0. The molecule has 0 heterocycles. The molecule has 0 fully saturated rings. The first-order valence-electron chi connectivity index (χ1n) is 12.4. The third-order valence-corrected chi connectivity index (χ3v) is 7.01. The van der Waals surface area contributed by atoms with Gasteiger partial charge in [0.25, 0.3) is 0 Å². The van der Waals surface area contributed by atoms with Gasteiger partial charge in [0.05, 0.1) is 0 Å². The summed E-state index contributed by atoms with van der Waals surface area (Å²) in [6.45, 7) is 6.35. The Bertz CT molecular complexity index is 1690. The van der Waals surface area contributed by atoms with Gasteiger partial charge in [0.15, 0.2) is 0 Å². The van der Waals surface area contributed by atoms with Crippen molar-refractivity contribution in [3.05, 3.63) is 127 Å². The SMILES string of the molecule is CC(C)(C)c1cc(F)cc(N(c2ccccc2)c2ccc3c4ccccc4c4ccccc4c3c2)c1. The molecule has 0 aliphatic heterocycles. The van der Waals surface area contributed by atoms with Crippen LogP contribution in [0.3, 0.4) is 0 Å². The van der Waals surface area contributed by atoms with Crippen LogP contribution in [0.2, 0.25) is 0 Å². The van der Waals surface area contributed by atoms with Crippen molar-refractivity contribution < 1.29 is 4.39 Å². The zero-order chi connectivity index (χ0) is 24.9. The zero-order valence-corrected chi connectivity index (χ0v) is 20.8. The number of fused-ring (bicyclic) bond motifs is 6. The minimum absolute atomic E-state index is 0.169. The van der Waals surface area contributed by atoms with Gasteiger partial charge in [-0.25, -0.2) is 4.39 Å². The topological polar surface area (TPSA) is 3.24 Å². The van der Waals surface area contributed by atoms with Crippen molar-refractivity contribution in [2.24, 2.45) is 0 Å². The fraction of sp³-hybridized carbons (Fsp3) is 0.118. The van der Waals surface area contributed by atoms with Crippen LogP contribution in [0.5, 0.6) is 0 Å². The molecular weight excluding hydrogens is 441 g/mol. The standard InChI is InChI=1S/C34H28FN/c1-34(2,3)23-19-24(35)21-27(20-23)36(25-11-5-4-6-12-25)26-17-18-32-30-15-8-7-13-28(30)29-14-9-10-16-31(29)33(32)22-26/h4-22H,1-3H3. The Labute approximate surface area is 211 Å². The Balaban J connectivity index is 1.66. The highest BCUT2D eigenvalue weighted by molar-refractivity contribution is 6.25. The van der Waals surface area contributed by atoms with Crippen LogP contribution in [0, 0.1) is 5.82 Å². The van der Waals surface area contributed by atoms with E-state index < -0.39 is 0 Å². The van der Waals surface area contributed by atoms with Crippen LogP contribution in [0.1, 0.15) is 26.3 Å². The normalized spacial score (nSPS) is 11.9. The predicted molar refractivity (Wildman–Crippen MR) is 152 cm³/mol. The Morgan fingerprint density at radius 3 is 1.58 bits per heavy atom. The van der Waals surface area contributed by atoms with Crippen LogP contribution in [0.4, 0.5) is 21.5 Å². The van der Waals surface area contributed by atoms with E-state index in [1.807, 2.05) is 18.2 Å². The Hall–Kier alpha value is -4.17. The molecular formula is C34H28FN. The molecule has 0 saturated carbocycles. The van der Waals surface area contributed by atoms with E-state index in [0.717, 1.165) is 22.6 Å². The first-order valence-corrected chi connectivity index (χ1v) is 12.4. The molecule has 6 aromatic carbocycles. The first kappa shape index (κ1) is 22.3. The van der Waals surface area contributed by atoms with Gasteiger partial charge in [-0.2, -0.15) is 0 Å². The summed E-state index contributed by atoms with van der Waals surface area (Å²) in [7, 11) is 0. The molecule has 2 heteroatoms. The molecule has 0 spiro atoms. The van der Waals surface area contributed by atoms with E-state index in [1.165, 1.54) is 32.3 Å². The molecule has 0 N–H and O–H groups in total. The van der Waals surface area contributed by atoms with Crippen LogP contribution in [-0.2, 0) is 5.41 Å². The summed E-state index contributed by atoms with van der Waals surface area (Å²) in [6.07, 6.45) is 0. The van der Waals surface area contributed by atoms with Gasteiger partial charge >= 0.3 is 0 Å². The summed E-state index contributed by atoms with van der Waals surface area (Å²) in [5.41, 5.74) is 3.61. The summed E-state index contributed by atoms with van der Waals surface area (Å²) in [4.78, 5) is 2.15. The number of nitrogens with zero attached hydrogens (tertiary/aromatic N) is 1. The lowest BCUT2D eigenvalue weighted by atomic mass is 9.86. The molecule has 1 nitrogen and oxygen atoms in total. The van der Waals surface area contributed by atoms with Crippen LogP contribution in [0.15, 0.2) is 115 Å². The van der Waals surface area contributed by atoms with Gasteiger partial charge in [-0.1, -0.05) is 93.6 Å². The maximum Gasteiger partial charge on any atom is 0.125 e. The van der Waals surface area contributed by atoms with Crippen molar-refractivity contribution in [1.82, 2.24) is 0 Å². The Morgan fingerprint density at radius 2 is 1.00 bits per heavy atom. The number of hydrogen-bond acceptors (Lipinski definition) is 1. The molecule has 0 radical (unpaired) electrons. The van der Waals surface area contributed by atoms with E-state index in [0.29, 0.717) is 0 Å². The minimum atomic E-state index is -0.226. The molecule has 0 aliphatic rings. The number of anilines is 3. The van der Waals surface area contributed by atoms with E-state index in [2.05, 4.69) is 111 Å². The molecule has 6 rings (SSSR count). The van der Waals surface area contributed by atoms with Gasteiger partial charge < -0.3 is 4.90 Å². The minimum Gasteiger partial charge on any atom is -0.310 e. The second-order valence-electron chi connectivity index (χ2n) is 10.4. The third-order valence-electron chi connectivity index (χ3n) is 7.01. The fourth-order valence-electron chi connectivity index (χ4n) is 5.20. The van der Waals surface area contributed by atoms with Crippen LogP contribution < -0.4 is 4.90 Å². The van der Waals surface area contributed by atoms with Crippen molar-refractivity contribution in [3.8, 4) is 0 Å². The lowest BCUT2D eigenvalue weighted by Gasteiger charge is -2.28. The van der Waals surface area contributed by atoms with E-state index in [-0.39, 0.29) is 11.2 Å². The van der Waals surface area contributed by atoms with Gasteiger partial charge in [0.1, 0.15) is 5.82 Å². The molecule has 0 unspecified atom stereocenters. The van der Waals surface area contributed by atoms with Gasteiger partial charge in [-0.3, -0.25) is 0 Å². The van der Waals surface area contributed by atoms with E-state index in [4.69, 9.17) is 0 Å². The molecule has 6 aromatic rings. The molecule has 0 atom stereocenters. The van der Waals surface area contributed by atoms with Gasteiger partial charge in [0, 0.05) is 17.1 Å². The quantitative estimate of drug-likeness (QED) is 0.233. The number of rotatable bonds is 3. The summed E-state index contributed by atoms with van der Waals surface area (Å²) in [5, 5.41) is 7.37. The first-order chi connectivity index (χ1) is 17.4. The Kier molecular flexibility index (Phi) is 5.26. The molecule has 176 valence electrons. The highest BCUT2D eigenvalue weighted by atomic mass is 19.1. The van der Waals surface area contributed by atoms with E-state index in [9.17, 15) is 4.39 Å². The highest BCUT2D eigenvalue weighted by Crippen LogP contribution is 2.41. The van der Waals surface area contributed by atoms with Crippen molar-refractivity contribution in [3.63, 3.8) is 0 Å². The number of para-hydroxylation sites is 1. The van der Waals surface area contributed by atoms with E-state index >= 15 is 0 Å². The molecule has 0 aromatic heterocycles. The molecule has 0 bridgehead atoms. The van der Waals surface area contributed by atoms with Crippen molar-refractivity contribution >= 4 is 49.4 Å². The fourth-order valence-corrected chi connectivity index (χ4v) is 5.20. The summed E-state index contributed by atoms with van der Waals surface area (Å²) >= 11 is 0. The average molecular weight is 470 g/mol. The number of benzene rings is 6. The Morgan fingerprint density at radius 1 is 0.472 bits per heavy atom. The summed E-state index contributed by atoms with van der Waals surface area (Å²) in [6, 6.07) is 39.4. The molecule has 0 aliphatic carbocycles. The van der Waals surface area contributed by atoms with Gasteiger partial charge in [-0.05, 0) is 85.8 Å². The average Bonchev–Trinajstić information content (AvgIpc) is 2.89. The van der Waals surface area contributed by atoms with E-state index in [1.54, 1.807) is 12.1 Å². The van der Waals surface area contributed by atoms with Gasteiger partial charge in [0.2, 0.25) is 0 Å². The summed E-state index contributed by atoms with van der Waals surface area (Å²) in [5.74, 6) is -0.226. The second kappa shape index (κ2) is 8.49. The van der Waals surface area contributed by atoms with Crippen LogP contribution in [-0.4, -0.2) is 0 Å².